The van der Waals surface area contributed by atoms with Crippen LogP contribution in [-0.2, 0) is 17.6 Å². The summed E-state index contributed by atoms with van der Waals surface area (Å²) in [7, 11) is 0. The van der Waals surface area contributed by atoms with Crippen molar-refractivity contribution in [3.05, 3.63) is 68.8 Å². The van der Waals surface area contributed by atoms with E-state index in [4.69, 9.17) is 33.0 Å². The molecule has 1 aliphatic rings. The molecule has 5 nitrogen and oxygen atoms in total. The largest absolute Gasteiger partial charge is 0.461 e. The summed E-state index contributed by atoms with van der Waals surface area (Å²) in [6.45, 7) is 1.85. The van der Waals surface area contributed by atoms with Gasteiger partial charge in [-0.25, -0.2) is 9.48 Å². The molecule has 1 N–H and O–H groups in total. The van der Waals surface area contributed by atoms with Gasteiger partial charge in [0.15, 0.2) is 5.69 Å². The Balaban J connectivity index is 1.97. The molecule has 1 aromatic heterocycles. The molecule has 0 aliphatic heterocycles. The zero-order valence-electron chi connectivity index (χ0n) is 16.9. The molecule has 0 saturated heterocycles. The number of aliphatic hydroxyl groups is 1. The number of hydrogen-bond donors (Lipinski definition) is 1. The molecular formula is C24H20Cl2N2O3. The number of nitrogens with zero attached hydrogens (tertiary/aromatic N) is 2. The highest BCUT2D eigenvalue weighted by atomic mass is 35.5. The summed E-state index contributed by atoms with van der Waals surface area (Å²) in [4.78, 5) is 12.7. The fourth-order valence-corrected chi connectivity index (χ4v) is 4.35. The Hall–Kier alpha value is -2.78. The first-order valence-corrected chi connectivity index (χ1v) is 10.8. The second-order valence-electron chi connectivity index (χ2n) is 7.09. The van der Waals surface area contributed by atoms with Crippen LogP contribution in [0.4, 0.5) is 0 Å². The first kappa shape index (κ1) is 21.5. The van der Waals surface area contributed by atoms with Gasteiger partial charge in [-0.15, -0.1) is 0 Å². The van der Waals surface area contributed by atoms with Crippen LogP contribution in [0, 0.1) is 11.8 Å². The normalized spacial score (nSPS) is 12.3. The predicted octanol–water partition coefficient (Wildman–Crippen LogP) is 4.86. The maximum atomic E-state index is 12.7. The van der Waals surface area contributed by atoms with Crippen molar-refractivity contribution in [2.24, 2.45) is 0 Å². The molecule has 0 radical (unpaired) electrons. The Morgan fingerprint density at radius 1 is 1.23 bits per heavy atom. The molecule has 3 aromatic rings. The van der Waals surface area contributed by atoms with E-state index in [-0.39, 0.29) is 13.2 Å². The lowest BCUT2D eigenvalue weighted by Gasteiger charge is -2.13. The number of carbonyl (C=O) groups excluding carboxylic acids is 1. The van der Waals surface area contributed by atoms with Crippen molar-refractivity contribution in [1.82, 2.24) is 9.78 Å². The lowest BCUT2D eigenvalue weighted by Crippen LogP contribution is -2.09. The van der Waals surface area contributed by atoms with Gasteiger partial charge in [0.05, 0.1) is 23.0 Å². The summed E-state index contributed by atoms with van der Waals surface area (Å²) in [6, 6.07) is 11.1. The van der Waals surface area contributed by atoms with Gasteiger partial charge < -0.3 is 9.84 Å². The highest BCUT2D eigenvalue weighted by Gasteiger charge is 2.29. The number of aryl methyl sites for hydroxylation is 1. The monoisotopic (exact) mass is 454 g/mol. The number of aliphatic hydroxyl groups excluding tert-OH is 1. The van der Waals surface area contributed by atoms with E-state index in [1.54, 1.807) is 29.8 Å². The van der Waals surface area contributed by atoms with Gasteiger partial charge in [-0.3, -0.25) is 0 Å². The highest BCUT2D eigenvalue weighted by Crippen LogP contribution is 2.38. The van der Waals surface area contributed by atoms with Crippen LogP contribution in [0.25, 0.3) is 16.9 Å². The van der Waals surface area contributed by atoms with Gasteiger partial charge in [0, 0.05) is 21.7 Å². The molecule has 1 heterocycles. The van der Waals surface area contributed by atoms with Gasteiger partial charge in [0.1, 0.15) is 6.61 Å². The van der Waals surface area contributed by atoms with Crippen molar-refractivity contribution in [1.29, 1.82) is 0 Å². The van der Waals surface area contributed by atoms with Crippen LogP contribution < -0.4 is 0 Å². The summed E-state index contributed by atoms with van der Waals surface area (Å²) >= 11 is 12.6. The predicted molar refractivity (Wildman–Crippen MR) is 121 cm³/mol. The van der Waals surface area contributed by atoms with Crippen LogP contribution in [0.3, 0.4) is 0 Å². The number of halogens is 2. The molecule has 0 saturated carbocycles. The zero-order chi connectivity index (χ0) is 22.0. The molecule has 7 heteroatoms. The second-order valence-corrected chi connectivity index (χ2v) is 7.93. The summed E-state index contributed by atoms with van der Waals surface area (Å²) in [6.07, 6.45) is 2.36. The van der Waals surface area contributed by atoms with Crippen molar-refractivity contribution in [2.75, 3.05) is 13.2 Å². The lowest BCUT2D eigenvalue weighted by molar-refractivity contribution is 0.0517. The quantitative estimate of drug-likeness (QED) is 0.453. The molecule has 0 bridgehead atoms. The average Bonchev–Trinajstić information content (AvgIpc) is 3.01. The van der Waals surface area contributed by atoms with E-state index in [2.05, 4.69) is 16.9 Å². The molecule has 0 atom stereocenters. The van der Waals surface area contributed by atoms with Crippen molar-refractivity contribution in [2.45, 2.75) is 26.2 Å². The number of aromatic nitrogens is 2. The molecule has 0 unspecified atom stereocenters. The van der Waals surface area contributed by atoms with Crippen LogP contribution in [-0.4, -0.2) is 34.1 Å². The van der Waals surface area contributed by atoms with Crippen LogP contribution in [0.2, 0.25) is 10.0 Å². The molecule has 0 fully saturated rings. The van der Waals surface area contributed by atoms with E-state index in [0.717, 1.165) is 40.8 Å². The lowest BCUT2D eigenvalue weighted by atomic mass is 9.99. The molecule has 31 heavy (non-hydrogen) atoms. The topological polar surface area (TPSA) is 64.3 Å². The molecule has 4 rings (SSSR count). The van der Waals surface area contributed by atoms with Crippen LogP contribution in [0.15, 0.2) is 36.4 Å². The molecule has 1 aliphatic carbocycles. The van der Waals surface area contributed by atoms with Gasteiger partial charge in [-0.05, 0) is 62.1 Å². The van der Waals surface area contributed by atoms with Crippen LogP contribution in [0.1, 0.15) is 40.5 Å². The van der Waals surface area contributed by atoms with E-state index in [0.29, 0.717) is 27.8 Å². The third kappa shape index (κ3) is 4.20. The van der Waals surface area contributed by atoms with Crippen molar-refractivity contribution in [3.63, 3.8) is 0 Å². The maximum absolute atomic E-state index is 12.7. The summed E-state index contributed by atoms with van der Waals surface area (Å²) < 4.78 is 6.99. The minimum absolute atomic E-state index is 0.189. The van der Waals surface area contributed by atoms with E-state index in [1.165, 1.54) is 0 Å². The third-order valence-electron chi connectivity index (χ3n) is 5.14. The third-order valence-corrected chi connectivity index (χ3v) is 5.67. The fourth-order valence-electron chi connectivity index (χ4n) is 3.86. The first-order valence-electron chi connectivity index (χ1n) is 10.0. The Morgan fingerprint density at radius 3 is 2.81 bits per heavy atom. The molecule has 158 valence electrons. The second kappa shape index (κ2) is 9.15. The smallest absolute Gasteiger partial charge is 0.359 e. The number of carbonyl (C=O) groups is 1. The van der Waals surface area contributed by atoms with Crippen molar-refractivity contribution < 1.29 is 14.6 Å². The van der Waals surface area contributed by atoms with Gasteiger partial charge in [0.25, 0.3) is 0 Å². The highest BCUT2D eigenvalue weighted by molar-refractivity contribution is 6.35. The number of fused-ring (bicyclic) bond motifs is 3. The number of benzene rings is 2. The standard InChI is InChI=1S/C24H20Cl2N2O3/c1-2-31-24(30)22-19-7-3-6-16-13-15(5-4-12-29)8-10-18(16)23(19)28(27-22)21-11-9-17(25)14-20(21)26/h8-11,13-14,29H,2-3,6-7,12H2,1H3. The van der Waals surface area contributed by atoms with E-state index in [9.17, 15) is 4.79 Å². The van der Waals surface area contributed by atoms with Crippen LogP contribution >= 0.6 is 23.2 Å². The van der Waals surface area contributed by atoms with Crippen molar-refractivity contribution in [3.8, 4) is 28.8 Å². The zero-order valence-corrected chi connectivity index (χ0v) is 18.4. The van der Waals surface area contributed by atoms with E-state index in [1.807, 2.05) is 18.2 Å². The van der Waals surface area contributed by atoms with E-state index >= 15 is 0 Å². The van der Waals surface area contributed by atoms with E-state index < -0.39 is 5.97 Å². The summed E-state index contributed by atoms with van der Waals surface area (Å²) in [5.74, 6) is 5.20. The average molecular weight is 455 g/mol. The minimum atomic E-state index is -0.448. The number of ether oxygens (including phenoxy) is 1. The Labute approximate surface area is 190 Å². The SMILES string of the molecule is CCOC(=O)c1nn(-c2ccc(Cl)cc2Cl)c2c1CCCc1cc(C#CCO)ccc1-2. The van der Waals surface area contributed by atoms with Gasteiger partial charge in [-0.1, -0.05) is 41.1 Å². The van der Waals surface area contributed by atoms with Gasteiger partial charge in [0.2, 0.25) is 0 Å². The number of hydrogen-bond acceptors (Lipinski definition) is 4. The first-order chi connectivity index (χ1) is 15.0. The molecule has 2 aromatic carbocycles. The molecule has 0 spiro atoms. The molecule has 0 amide bonds. The Morgan fingerprint density at radius 2 is 2.06 bits per heavy atom. The maximum Gasteiger partial charge on any atom is 0.359 e. The van der Waals surface area contributed by atoms with Crippen LogP contribution in [0.5, 0.6) is 0 Å². The Kier molecular flexibility index (Phi) is 6.33. The van der Waals surface area contributed by atoms with Gasteiger partial charge in [-0.2, -0.15) is 5.10 Å². The Bertz CT molecular complexity index is 1220. The fraction of sp³-hybridized carbons (Fsp3) is 0.250. The summed E-state index contributed by atoms with van der Waals surface area (Å²) in [5.41, 5.74) is 5.51. The number of esters is 1. The minimum Gasteiger partial charge on any atom is -0.461 e. The van der Waals surface area contributed by atoms with Gasteiger partial charge >= 0.3 is 5.97 Å². The number of rotatable bonds is 3. The summed E-state index contributed by atoms with van der Waals surface area (Å²) in [5, 5.41) is 14.6. The van der Waals surface area contributed by atoms with Crippen molar-refractivity contribution >= 4 is 29.2 Å². The molecular weight excluding hydrogens is 435 g/mol.